The minimum atomic E-state index is 0.173. The van der Waals surface area contributed by atoms with Gasteiger partial charge < -0.3 is 20.3 Å². The van der Waals surface area contributed by atoms with Crippen LogP contribution in [0.15, 0.2) is 48.5 Å². The van der Waals surface area contributed by atoms with E-state index in [0.717, 1.165) is 24.5 Å². The zero-order valence-corrected chi connectivity index (χ0v) is 16.2. The average Bonchev–Trinajstić information content (AvgIpc) is 2.56. The van der Waals surface area contributed by atoms with E-state index < -0.39 is 0 Å². The summed E-state index contributed by atoms with van der Waals surface area (Å²) in [6, 6.07) is 16.3. The van der Waals surface area contributed by atoms with Crippen molar-refractivity contribution in [3.8, 4) is 5.75 Å². The third kappa shape index (κ3) is 6.63. The Bertz CT molecular complexity index is 668. The average molecular weight is 358 g/mol. The number of nitrogens with zero attached hydrogens (tertiary/aromatic N) is 1. The molecule has 2 N–H and O–H groups in total. The first-order valence-electron chi connectivity index (χ1n) is 8.53. The smallest absolute Gasteiger partial charge is 0.170 e. The molecule has 0 saturated heterocycles. The molecule has 0 aromatic heterocycles. The Morgan fingerprint density at radius 1 is 1.08 bits per heavy atom. The van der Waals surface area contributed by atoms with Gasteiger partial charge in [-0.05, 0) is 69.4 Å². The molecule has 0 amide bonds. The SMILES string of the molecule is Cc1ccc(N(C)CCNC(=S)Nc2ccc(OC(C)C)cc2)cc1. The first kappa shape index (κ1) is 19.1. The maximum Gasteiger partial charge on any atom is 0.170 e. The summed E-state index contributed by atoms with van der Waals surface area (Å²) in [6.45, 7) is 7.76. The molecule has 0 saturated carbocycles. The Morgan fingerprint density at radius 2 is 1.72 bits per heavy atom. The van der Waals surface area contributed by atoms with Crippen LogP contribution in [0.4, 0.5) is 11.4 Å². The second-order valence-corrected chi connectivity index (χ2v) is 6.74. The molecule has 134 valence electrons. The minimum absolute atomic E-state index is 0.173. The molecule has 2 aromatic rings. The van der Waals surface area contributed by atoms with Gasteiger partial charge in [-0.15, -0.1) is 0 Å². The molecular weight excluding hydrogens is 330 g/mol. The predicted octanol–water partition coefficient (Wildman–Crippen LogP) is 4.21. The lowest BCUT2D eigenvalue weighted by atomic mass is 10.2. The summed E-state index contributed by atoms with van der Waals surface area (Å²) < 4.78 is 5.63. The summed E-state index contributed by atoms with van der Waals surface area (Å²) in [4.78, 5) is 2.20. The summed E-state index contributed by atoms with van der Waals surface area (Å²) >= 11 is 5.35. The van der Waals surface area contributed by atoms with Gasteiger partial charge in [0, 0.05) is 31.5 Å². The number of likely N-dealkylation sites (N-methyl/N-ethyl adjacent to an activating group) is 1. The molecule has 0 heterocycles. The predicted molar refractivity (Wildman–Crippen MR) is 111 cm³/mol. The van der Waals surface area contributed by atoms with Gasteiger partial charge in [0.2, 0.25) is 0 Å². The highest BCUT2D eigenvalue weighted by atomic mass is 32.1. The third-order valence-corrected chi connectivity index (χ3v) is 3.94. The van der Waals surface area contributed by atoms with Crippen molar-refractivity contribution in [3.63, 3.8) is 0 Å². The van der Waals surface area contributed by atoms with Gasteiger partial charge in [0.1, 0.15) is 5.75 Å². The van der Waals surface area contributed by atoms with E-state index in [4.69, 9.17) is 17.0 Å². The first-order valence-corrected chi connectivity index (χ1v) is 8.94. The number of benzene rings is 2. The Labute approximate surface area is 156 Å². The van der Waals surface area contributed by atoms with Crippen molar-refractivity contribution >= 4 is 28.7 Å². The van der Waals surface area contributed by atoms with Gasteiger partial charge in [-0.25, -0.2) is 0 Å². The number of hydrogen-bond acceptors (Lipinski definition) is 3. The van der Waals surface area contributed by atoms with Crippen LogP contribution in [0, 0.1) is 6.92 Å². The van der Waals surface area contributed by atoms with E-state index in [-0.39, 0.29) is 6.10 Å². The van der Waals surface area contributed by atoms with E-state index in [1.54, 1.807) is 0 Å². The van der Waals surface area contributed by atoms with Crippen LogP contribution in [0.1, 0.15) is 19.4 Å². The van der Waals surface area contributed by atoms with Gasteiger partial charge in [0.25, 0.3) is 0 Å². The first-order chi connectivity index (χ1) is 11.9. The number of anilines is 2. The van der Waals surface area contributed by atoms with Crippen LogP contribution in [0.3, 0.4) is 0 Å². The largest absolute Gasteiger partial charge is 0.491 e. The molecule has 4 nitrogen and oxygen atoms in total. The number of nitrogens with one attached hydrogen (secondary N) is 2. The lowest BCUT2D eigenvalue weighted by molar-refractivity contribution is 0.242. The molecule has 0 bridgehead atoms. The van der Waals surface area contributed by atoms with Crippen LogP contribution in [0.2, 0.25) is 0 Å². The number of rotatable bonds is 7. The molecule has 0 aliphatic rings. The van der Waals surface area contributed by atoms with E-state index in [1.165, 1.54) is 11.3 Å². The molecule has 25 heavy (non-hydrogen) atoms. The minimum Gasteiger partial charge on any atom is -0.491 e. The van der Waals surface area contributed by atoms with Crippen LogP contribution in [-0.2, 0) is 0 Å². The molecule has 0 aliphatic carbocycles. The molecule has 0 unspecified atom stereocenters. The normalized spacial score (nSPS) is 10.4. The van der Waals surface area contributed by atoms with E-state index in [9.17, 15) is 0 Å². The van der Waals surface area contributed by atoms with Gasteiger partial charge in [-0.3, -0.25) is 0 Å². The number of thiocarbonyl (C=S) groups is 1. The van der Waals surface area contributed by atoms with Crippen molar-refractivity contribution in [3.05, 3.63) is 54.1 Å². The van der Waals surface area contributed by atoms with Crippen molar-refractivity contribution in [1.29, 1.82) is 0 Å². The number of ether oxygens (including phenoxy) is 1. The van der Waals surface area contributed by atoms with Crippen LogP contribution in [0.25, 0.3) is 0 Å². The highest BCUT2D eigenvalue weighted by molar-refractivity contribution is 7.80. The lowest BCUT2D eigenvalue weighted by Gasteiger charge is -2.20. The molecule has 0 spiro atoms. The van der Waals surface area contributed by atoms with Crippen molar-refractivity contribution in [2.24, 2.45) is 0 Å². The lowest BCUT2D eigenvalue weighted by Crippen LogP contribution is -2.35. The van der Waals surface area contributed by atoms with Gasteiger partial charge in [-0.1, -0.05) is 17.7 Å². The zero-order chi connectivity index (χ0) is 18.2. The Balaban J connectivity index is 1.74. The van der Waals surface area contributed by atoms with E-state index in [0.29, 0.717) is 5.11 Å². The highest BCUT2D eigenvalue weighted by Gasteiger charge is 2.02. The monoisotopic (exact) mass is 357 g/mol. The molecule has 5 heteroatoms. The summed E-state index contributed by atoms with van der Waals surface area (Å²) in [5.41, 5.74) is 3.41. The fourth-order valence-electron chi connectivity index (χ4n) is 2.33. The Hall–Kier alpha value is -2.27. The molecule has 0 aliphatic heterocycles. The molecule has 0 radical (unpaired) electrons. The number of hydrogen-bond donors (Lipinski definition) is 2. The maximum atomic E-state index is 5.63. The summed E-state index contributed by atoms with van der Waals surface area (Å²) in [5, 5.41) is 7.05. The van der Waals surface area contributed by atoms with E-state index in [1.807, 2.05) is 38.1 Å². The van der Waals surface area contributed by atoms with Crippen molar-refractivity contribution < 1.29 is 4.74 Å². The molecule has 0 atom stereocenters. The van der Waals surface area contributed by atoms with E-state index in [2.05, 4.69) is 53.8 Å². The fourth-order valence-corrected chi connectivity index (χ4v) is 2.55. The molecule has 2 rings (SSSR count). The third-order valence-electron chi connectivity index (χ3n) is 3.69. The Kier molecular flexibility index (Phi) is 7.07. The van der Waals surface area contributed by atoms with Crippen molar-refractivity contribution in [2.75, 3.05) is 30.4 Å². The van der Waals surface area contributed by atoms with Crippen LogP contribution in [0.5, 0.6) is 5.75 Å². The van der Waals surface area contributed by atoms with E-state index >= 15 is 0 Å². The second kappa shape index (κ2) is 9.28. The molecular formula is C20H27N3OS. The van der Waals surface area contributed by atoms with Gasteiger partial charge in [0.15, 0.2) is 5.11 Å². The van der Waals surface area contributed by atoms with Crippen molar-refractivity contribution in [2.45, 2.75) is 26.9 Å². The van der Waals surface area contributed by atoms with Gasteiger partial charge in [-0.2, -0.15) is 0 Å². The molecule has 0 fully saturated rings. The zero-order valence-electron chi connectivity index (χ0n) is 15.4. The second-order valence-electron chi connectivity index (χ2n) is 6.33. The fraction of sp³-hybridized carbons (Fsp3) is 0.350. The standard InChI is InChI=1S/C20H27N3OS/c1-15(2)24-19-11-7-17(8-12-19)22-20(25)21-13-14-23(4)18-9-5-16(3)6-10-18/h5-12,15H,13-14H2,1-4H3,(H2,21,22,25). The van der Waals surface area contributed by atoms with Crippen LogP contribution in [-0.4, -0.2) is 31.4 Å². The summed E-state index contributed by atoms with van der Waals surface area (Å²) in [7, 11) is 2.08. The molecule has 2 aromatic carbocycles. The number of aryl methyl sites for hydroxylation is 1. The quantitative estimate of drug-likeness (QED) is 0.726. The summed E-state index contributed by atoms with van der Waals surface area (Å²) in [5.74, 6) is 0.860. The highest BCUT2D eigenvalue weighted by Crippen LogP contribution is 2.17. The van der Waals surface area contributed by atoms with Crippen molar-refractivity contribution in [1.82, 2.24) is 5.32 Å². The topological polar surface area (TPSA) is 36.5 Å². The Morgan fingerprint density at radius 3 is 2.32 bits per heavy atom. The van der Waals surface area contributed by atoms with Crippen LogP contribution >= 0.6 is 12.2 Å². The maximum absolute atomic E-state index is 5.63. The van der Waals surface area contributed by atoms with Crippen LogP contribution < -0.4 is 20.3 Å². The summed E-state index contributed by atoms with van der Waals surface area (Å²) in [6.07, 6.45) is 0.173. The van der Waals surface area contributed by atoms with Gasteiger partial charge in [0.05, 0.1) is 6.10 Å². The van der Waals surface area contributed by atoms with Gasteiger partial charge >= 0.3 is 0 Å².